The summed E-state index contributed by atoms with van der Waals surface area (Å²) >= 11 is 5.89. The number of rotatable bonds is 4. The maximum atomic E-state index is 13.5. The van der Waals surface area contributed by atoms with Gasteiger partial charge in [-0.25, -0.2) is 8.78 Å². The van der Waals surface area contributed by atoms with Crippen molar-refractivity contribution in [2.75, 3.05) is 11.9 Å². The highest BCUT2D eigenvalue weighted by molar-refractivity contribution is 6.30. The van der Waals surface area contributed by atoms with Crippen LogP contribution in [0.15, 0.2) is 36.4 Å². The Kier molecular flexibility index (Phi) is 4.57. The molecule has 2 aromatic carbocycles. The minimum absolute atomic E-state index is 0.0542. The van der Waals surface area contributed by atoms with Crippen molar-refractivity contribution in [2.24, 2.45) is 0 Å². The second kappa shape index (κ2) is 6.20. The minimum atomic E-state index is -1.08. The Labute approximate surface area is 121 Å². The standard InChI is InChI=1S/C15H14ClF2NO/c1-9-2-3-10(16)6-14(9)19-8-15(20)12-5-4-11(17)7-13(12)18/h2-7,15,19-20H,8H2,1H3. The van der Waals surface area contributed by atoms with Crippen molar-refractivity contribution in [1.29, 1.82) is 0 Å². The van der Waals surface area contributed by atoms with Gasteiger partial charge in [0.1, 0.15) is 11.6 Å². The highest BCUT2D eigenvalue weighted by Gasteiger charge is 2.13. The summed E-state index contributed by atoms with van der Waals surface area (Å²) in [5, 5.41) is 13.5. The first-order valence-electron chi connectivity index (χ1n) is 6.10. The number of aryl methyl sites for hydroxylation is 1. The third-order valence-electron chi connectivity index (χ3n) is 3.01. The maximum absolute atomic E-state index is 13.5. The van der Waals surface area contributed by atoms with Gasteiger partial charge in [0.2, 0.25) is 0 Å². The Morgan fingerprint density at radius 1 is 1.20 bits per heavy atom. The molecular formula is C15H14ClF2NO. The normalized spacial score (nSPS) is 12.2. The third kappa shape index (κ3) is 3.46. The lowest BCUT2D eigenvalue weighted by molar-refractivity contribution is 0.186. The lowest BCUT2D eigenvalue weighted by atomic mass is 10.1. The van der Waals surface area contributed by atoms with Gasteiger partial charge in [0.05, 0.1) is 6.10 Å². The Balaban J connectivity index is 2.08. The molecule has 0 fully saturated rings. The van der Waals surface area contributed by atoms with Crippen LogP contribution in [0.4, 0.5) is 14.5 Å². The Morgan fingerprint density at radius 2 is 1.95 bits per heavy atom. The van der Waals surface area contributed by atoms with Gasteiger partial charge in [-0.05, 0) is 30.7 Å². The van der Waals surface area contributed by atoms with Crippen molar-refractivity contribution in [2.45, 2.75) is 13.0 Å². The fraction of sp³-hybridized carbons (Fsp3) is 0.200. The molecule has 0 aliphatic carbocycles. The van der Waals surface area contributed by atoms with Crippen molar-refractivity contribution >= 4 is 17.3 Å². The highest BCUT2D eigenvalue weighted by Crippen LogP contribution is 2.23. The van der Waals surface area contributed by atoms with Crippen LogP contribution < -0.4 is 5.32 Å². The van der Waals surface area contributed by atoms with Crippen molar-refractivity contribution in [3.8, 4) is 0 Å². The SMILES string of the molecule is Cc1ccc(Cl)cc1NCC(O)c1ccc(F)cc1F. The summed E-state index contributed by atoms with van der Waals surface area (Å²) in [4.78, 5) is 0. The topological polar surface area (TPSA) is 32.3 Å². The molecule has 2 nitrogen and oxygen atoms in total. The quantitative estimate of drug-likeness (QED) is 0.891. The van der Waals surface area contributed by atoms with E-state index in [1.165, 1.54) is 6.07 Å². The van der Waals surface area contributed by atoms with Gasteiger partial charge in [-0.3, -0.25) is 0 Å². The molecule has 2 rings (SSSR count). The lowest BCUT2D eigenvalue weighted by Crippen LogP contribution is -2.14. The van der Waals surface area contributed by atoms with Gasteiger partial charge < -0.3 is 10.4 Å². The minimum Gasteiger partial charge on any atom is -0.386 e. The van der Waals surface area contributed by atoms with E-state index in [9.17, 15) is 13.9 Å². The van der Waals surface area contributed by atoms with E-state index in [1.54, 1.807) is 12.1 Å². The summed E-state index contributed by atoms with van der Waals surface area (Å²) in [6, 6.07) is 8.44. The van der Waals surface area contributed by atoms with Gasteiger partial charge >= 0.3 is 0 Å². The van der Waals surface area contributed by atoms with Gasteiger partial charge in [0.15, 0.2) is 0 Å². The first-order valence-corrected chi connectivity index (χ1v) is 6.48. The number of hydrogen-bond donors (Lipinski definition) is 2. The molecule has 0 saturated heterocycles. The molecule has 0 aromatic heterocycles. The van der Waals surface area contributed by atoms with E-state index in [0.29, 0.717) is 5.02 Å². The molecule has 2 aromatic rings. The molecule has 0 amide bonds. The monoisotopic (exact) mass is 297 g/mol. The van der Waals surface area contributed by atoms with E-state index in [4.69, 9.17) is 11.6 Å². The molecule has 1 atom stereocenters. The summed E-state index contributed by atoms with van der Waals surface area (Å²) < 4.78 is 26.3. The average Bonchev–Trinajstić information content (AvgIpc) is 2.39. The van der Waals surface area contributed by atoms with Crippen LogP contribution in [0, 0.1) is 18.6 Å². The molecule has 0 aliphatic rings. The zero-order valence-corrected chi connectivity index (χ0v) is 11.6. The molecule has 20 heavy (non-hydrogen) atoms. The smallest absolute Gasteiger partial charge is 0.131 e. The zero-order valence-electron chi connectivity index (χ0n) is 10.8. The summed E-state index contributed by atoms with van der Waals surface area (Å²) in [6.45, 7) is 1.99. The number of benzene rings is 2. The first kappa shape index (κ1) is 14.8. The molecule has 1 unspecified atom stereocenters. The lowest BCUT2D eigenvalue weighted by Gasteiger charge is -2.15. The number of hydrogen-bond acceptors (Lipinski definition) is 2. The summed E-state index contributed by atoms with van der Waals surface area (Å²) in [7, 11) is 0. The molecule has 0 aliphatic heterocycles. The van der Waals surface area contributed by atoms with Gasteiger partial charge in [-0.1, -0.05) is 23.7 Å². The van der Waals surface area contributed by atoms with E-state index in [1.807, 2.05) is 13.0 Å². The van der Waals surface area contributed by atoms with Gasteiger partial charge in [-0.15, -0.1) is 0 Å². The molecule has 5 heteroatoms. The van der Waals surface area contributed by atoms with Gasteiger partial charge in [0, 0.05) is 28.9 Å². The second-order valence-electron chi connectivity index (χ2n) is 4.52. The number of nitrogens with one attached hydrogen (secondary N) is 1. The predicted octanol–water partition coefficient (Wildman–Crippen LogP) is 4.07. The number of aliphatic hydroxyl groups is 1. The van der Waals surface area contributed by atoms with Crippen LogP contribution in [0.25, 0.3) is 0 Å². The Morgan fingerprint density at radius 3 is 2.65 bits per heavy atom. The van der Waals surface area contributed by atoms with Crippen LogP contribution in [0.1, 0.15) is 17.2 Å². The fourth-order valence-electron chi connectivity index (χ4n) is 1.87. The molecule has 0 radical (unpaired) electrons. The molecule has 0 spiro atoms. The number of anilines is 1. The van der Waals surface area contributed by atoms with E-state index in [0.717, 1.165) is 23.4 Å². The zero-order chi connectivity index (χ0) is 14.7. The average molecular weight is 298 g/mol. The van der Waals surface area contributed by atoms with E-state index < -0.39 is 17.7 Å². The van der Waals surface area contributed by atoms with Crippen molar-refractivity contribution in [1.82, 2.24) is 0 Å². The largest absolute Gasteiger partial charge is 0.386 e. The second-order valence-corrected chi connectivity index (χ2v) is 4.96. The summed E-state index contributed by atoms with van der Waals surface area (Å²) in [6.07, 6.45) is -1.08. The third-order valence-corrected chi connectivity index (χ3v) is 3.24. The highest BCUT2D eigenvalue weighted by atomic mass is 35.5. The van der Waals surface area contributed by atoms with Gasteiger partial charge in [-0.2, -0.15) is 0 Å². The molecule has 2 N–H and O–H groups in total. The molecule has 0 saturated carbocycles. The molecule has 106 valence electrons. The Bertz CT molecular complexity index is 619. The van der Waals surface area contributed by atoms with Crippen molar-refractivity contribution in [3.63, 3.8) is 0 Å². The summed E-state index contributed by atoms with van der Waals surface area (Å²) in [5.41, 5.74) is 1.78. The van der Waals surface area contributed by atoms with Crippen LogP contribution in [-0.2, 0) is 0 Å². The van der Waals surface area contributed by atoms with Crippen LogP contribution in [0.3, 0.4) is 0 Å². The van der Waals surface area contributed by atoms with E-state index >= 15 is 0 Å². The number of halogens is 3. The maximum Gasteiger partial charge on any atom is 0.131 e. The fourth-order valence-corrected chi connectivity index (χ4v) is 2.05. The molecule has 0 bridgehead atoms. The van der Waals surface area contributed by atoms with Crippen LogP contribution in [0.5, 0.6) is 0 Å². The molecular weight excluding hydrogens is 284 g/mol. The van der Waals surface area contributed by atoms with E-state index in [2.05, 4.69) is 5.32 Å². The summed E-state index contributed by atoms with van der Waals surface area (Å²) in [5.74, 6) is -1.43. The van der Waals surface area contributed by atoms with Crippen LogP contribution >= 0.6 is 11.6 Å². The van der Waals surface area contributed by atoms with Crippen molar-refractivity contribution in [3.05, 3.63) is 64.2 Å². The van der Waals surface area contributed by atoms with Crippen molar-refractivity contribution < 1.29 is 13.9 Å². The number of aliphatic hydroxyl groups excluding tert-OH is 1. The van der Waals surface area contributed by atoms with Crippen LogP contribution in [-0.4, -0.2) is 11.7 Å². The Hall–Kier alpha value is -1.65. The van der Waals surface area contributed by atoms with Crippen LogP contribution in [0.2, 0.25) is 5.02 Å². The first-order chi connectivity index (χ1) is 9.47. The van der Waals surface area contributed by atoms with E-state index in [-0.39, 0.29) is 12.1 Å². The van der Waals surface area contributed by atoms with Gasteiger partial charge in [0.25, 0.3) is 0 Å². The molecule has 0 heterocycles. The predicted molar refractivity (Wildman–Crippen MR) is 76.0 cm³/mol.